The van der Waals surface area contributed by atoms with Crippen molar-refractivity contribution in [3.8, 4) is 0 Å². The van der Waals surface area contributed by atoms with Crippen molar-refractivity contribution in [3.63, 3.8) is 0 Å². The van der Waals surface area contributed by atoms with E-state index >= 15 is 0 Å². The van der Waals surface area contributed by atoms with Crippen LogP contribution < -0.4 is 5.32 Å². The fourth-order valence-electron chi connectivity index (χ4n) is 2.29. The van der Waals surface area contributed by atoms with Gasteiger partial charge in [0.15, 0.2) is 11.0 Å². The fraction of sp³-hybridized carbons (Fsp3) is 0.615. The first kappa shape index (κ1) is 13.4. The monoisotopic (exact) mass is 270 g/mol. The second kappa shape index (κ2) is 6.25. The van der Waals surface area contributed by atoms with Gasteiger partial charge < -0.3 is 14.6 Å². The van der Waals surface area contributed by atoms with Crippen molar-refractivity contribution in [2.75, 3.05) is 19.6 Å². The lowest BCUT2D eigenvalue weighted by atomic mass is 10.0. The molecule has 1 atom stereocenters. The van der Waals surface area contributed by atoms with Crippen molar-refractivity contribution in [1.29, 1.82) is 0 Å². The minimum absolute atomic E-state index is 0.0863. The molecule has 18 heavy (non-hydrogen) atoms. The lowest BCUT2D eigenvalue weighted by molar-refractivity contribution is 0.0709. The number of likely N-dealkylation sites (N-methyl/N-ethyl adjacent to an activating group) is 1. The molecule has 1 saturated heterocycles. The highest BCUT2D eigenvalue weighted by Gasteiger charge is 2.22. The first-order chi connectivity index (χ1) is 8.70. The van der Waals surface area contributed by atoms with Crippen LogP contribution in [0.3, 0.4) is 0 Å². The molecule has 1 N–H and O–H groups in total. The van der Waals surface area contributed by atoms with Crippen molar-refractivity contribution in [3.05, 3.63) is 23.1 Å². The van der Waals surface area contributed by atoms with Gasteiger partial charge in [0.1, 0.15) is 0 Å². The van der Waals surface area contributed by atoms with E-state index in [0.717, 1.165) is 19.5 Å². The van der Waals surface area contributed by atoms with E-state index in [-0.39, 0.29) is 11.1 Å². The molecule has 0 aliphatic carbocycles. The number of halogens is 1. The molecule has 1 aromatic heterocycles. The smallest absolute Gasteiger partial charge is 0.289 e. The third kappa shape index (κ3) is 3.27. The second-order valence-electron chi connectivity index (χ2n) is 4.59. The molecule has 2 heterocycles. The van der Waals surface area contributed by atoms with Gasteiger partial charge in [-0.05, 0) is 50.0 Å². The summed E-state index contributed by atoms with van der Waals surface area (Å²) in [5, 5.41) is 3.70. The van der Waals surface area contributed by atoms with Crippen LogP contribution in [0.5, 0.6) is 0 Å². The van der Waals surface area contributed by atoms with Crippen LogP contribution in [0.2, 0.25) is 5.22 Å². The van der Waals surface area contributed by atoms with Crippen LogP contribution in [0, 0.1) is 0 Å². The summed E-state index contributed by atoms with van der Waals surface area (Å²) < 4.78 is 5.17. The molecule has 0 saturated carbocycles. The molecule has 1 amide bonds. The van der Waals surface area contributed by atoms with E-state index in [0.29, 0.717) is 18.3 Å². The highest BCUT2D eigenvalue weighted by Crippen LogP contribution is 2.16. The van der Waals surface area contributed by atoms with Crippen molar-refractivity contribution >= 4 is 17.5 Å². The van der Waals surface area contributed by atoms with Crippen LogP contribution in [0.25, 0.3) is 0 Å². The molecule has 1 aromatic rings. The van der Waals surface area contributed by atoms with Gasteiger partial charge in [0.2, 0.25) is 0 Å². The van der Waals surface area contributed by atoms with E-state index in [9.17, 15) is 4.79 Å². The predicted octanol–water partition coefficient (Wildman–Crippen LogP) is 2.54. The molecule has 0 bridgehead atoms. The van der Waals surface area contributed by atoms with Crippen molar-refractivity contribution < 1.29 is 9.21 Å². The number of amides is 1. The van der Waals surface area contributed by atoms with Crippen LogP contribution >= 0.6 is 11.6 Å². The Balaban J connectivity index is 1.97. The van der Waals surface area contributed by atoms with Gasteiger partial charge in [-0.1, -0.05) is 6.42 Å². The number of carbonyl (C=O) groups excluding carboxylic acids is 1. The average Bonchev–Trinajstić information content (AvgIpc) is 2.83. The Hall–Kier alpha value is -1.00. The lowest BCUT2D eigenvalue weighted by Gasteiger charge is -2.29. The molecule has 1 aliphatic heterocycles. The molecular weight excluding hydrogens is 252 g/mol. The number of furan rings is 1. The van der Waals surface area contributed by atoms with Gasteiger partial charge >= 0.3 is 0 Å². The lowest BCUT2D eigenvalue weighted by Crippen LogP contribution is -2.45. The fourth-order valence-corrected chi connectivity index (χ4v) is 2.43. The summed E-state index contributed by atoms with van der Waals surface area (Å²) in [7, 11) is 0. The Kier molecular flexibility index (Phi) is 4.66. The SMILES string of the molecule is CCN(CC1CCCCN1)C(=O)c1ccc(Cl)o1. The first-order valence-corrected chi connectivity index (χ1v) is 6.86. The minimum Gasteiger partial charge on any atom is -0.440 e. The van der Waals surface area contributed by atoms with E-state index in [1.54, 1.807) is 17.0 Å². The summed E-state index contributed by atoms with van der Waals surface area (Å²) in [6, 6.07) is 3.62. The molecule has 0 aromatic carbocycles. The molecule has 1 unspecified atom stereocenters. The number of nitrogens with one attached hydrogen (secondary N) is 1. The van der Waals surface area contributed by atoms with Gasteiger partial charge in [0, 0.05) is 19.1 Å². The third-order valence-corrected chi connectivity index (χ3v) is 3.51. The van der Waals surface area contributed by atoms with Crippen LogP contribution in [-0.2, 0) is 0 Å². The topological polar surface area (TPSA) is 45.5 Å². The van der Waals surface area contributed by atoms with E-state index < -0.39 is 0 Å². The third-order valence-electron chi connectivity index (χ3n) is 3.31. The number of rotatable bonds is 4. The Labute approximate surface area is 112 Å². The van der Waals surface area contributed by atoms with Gasteiger partial charge in [-0.2, -0.15) is 0 Å². The summed E-state index contributed by atoms with van der Waals surface area (Å²) in [6.07, 6.45) is 3.59. The number of carbonyl (C=O) groups is 1. The van der Waals surface area contributed by atoms with Gasteiger partial charge in [0.05, 0.1) is 0 Å². The Morgan fingerprint density at radius 3 is 2.94 bits per heavy atom. The predicted molar refractivity (Wildman–Crippen MR) is 70.9 cm³/mol. The number of nitrogens with zero attached hydrogens (tertiary/aromatic N) is 1. The van der Waals surface area contributed by atoms with E-state index in [4.69, 9.17) is 16.0 Å². The minimum atomic E-state index is -0.0863. The van der Waals surface area contributed by atoms with E-state index in [1.807, 2.05) is 6.92 Å². The molecule has 0 radical (unpaired) electrons. The summed E-state index contributed by atoms with van der Waals surface area (Å²) in [6.45, 7) is 4.43. The quantitative estimate of drug-likeness (QED) is 0.915. The zero-order chi connectivity index (χ0) is 13.0. The highest BCUT2D eigenvalue weighted by molar-refractivity contribution is 6.29. The van der Waals surface area contributed by atoms with Gasteiger partial charge in [-0.25, -0.2) is 0 Å². The average molecular weight is 271 g/mol. The molecule has 4 nitrogen and oxygen atoms in total. The first-order valence-electron chi connectivity index (χ1n) is 6.48. The Bertz CT molecular complexity index is 399. The molecule has 0 spiro atoms. The maximum absolute atomic E-state index is 12.2. The molecule has 100 valence electrons. The summed E-state index contributed by atoms with van der Waals surface area (Å²) in [5.74, 6) is 0.231. The zero-order valence-electron chi connectivity index (χ0n) is 10.6. The van der Waals surface area contributed by atoms with E-state index in [1.165, 1.54) is 12.8 Å². The number of hydrogen-bond acceptors (Lipinski definition) is 3. The van der Waals surface area contributed by atoms with Gasteiger partial charge in [-0.15, -0.1) is 0 Å². The van der Waals surface area contributed by atoms with Crippen LogP contribution in [0.15, 0.2) is 16.5 Å². The van der Waals surface area contributed by atoms with Crippen LogP contribution in [-0.4, -0.2) is 36.5 Å². The Morgan fingerprint density at radius 2 is 2.39 bits per heavy atom. The summed E-state index contributed by atoms with van der Waals surface area (Å²) in [5.41, 5.74) is 0. The largest absolute Gasteiger partial charge is 0.440 e. The van der Waals surface area contributed by atoms with Crippen LogP contribution in [0.1, 0.15) is 36.7 Å². The highest BCUT2D eigenvalue weighted by atomic mass is 35.5. The zero-order valence-corrected chi connectivity index (χ0v) is 11.4. The summed E-state index contributed by atoms with van der Waals surface area (Å²) >= 11 is 5.69. The number of piperidine rings is 1. The van der Waals surface area contributed by atoms with Gasteiger partial charge in [0.25, 0.3) is 5.91 Å². The molecule has 5 heteroatoms. The molecule has 2 rings (SSSR count). The Morgan fingerprint density at radius 1 is 1.56 bits per heavy atom. The number of hydrogen-bond donors (Lipinski definition) is 1. The maximum atomic E-state index is 12.2. The molecular formula is C13H19ClN2O2. The summed E-state index contributed by atoms with van der Waals surface area (Å²) in [4.78, 5) is 14.0. The second-order valence-corrected chi connectivity index (χ2v) is 4.97. The standard InChI is InChI=1S/C13H19ClN2O2/c1-2-16(9-10-5-3-4-8-15-10)13(17)11-6-7-12(14)18-11/h6-7,10,15H,2-5,8-9H2,1H3. The van der Waals surface area contributed by atoms with Crippen LogP contribution in [0.4, 0.5) is 0 Å². The maximum Gasteiger partial charge on any atom is 0.289 e. The van der Waals surface area contributed by atoms with Crippen molar-refractivity contribution in [1.82, 2.24) is 10.2 Å². The molecule has 1 fully saturated rings. The molecule has 1 aliphatic rings. The van der Waals surface area contributed by atoms with Crippen molar-refractivity contribution in [2.45, 2.75) is 32.2 Å². The normalized spacial score (nSPS) is 19.8. The van der Waals surface area contributed by atoms with Gasteiger partial charge in [-0.3, -0.25) is 4.79 Å². The van der Waals surface area contributed by atoms with Crippen molar-refractivity contribution in [2.24, 2.45) is 0 Å². The van der Waals surface area contributed by atoms with E-state index in [2.05, 4.69) is 5.32 Å².